The Kier molecular flexibility index (Phi) is 7.65. The minimum Gasteiger partial charge on any atom is -0.466 e. The van der Waals surface area contributed by atoms with Crippen molar-refractivity contribution in [3.8, 4) is 0 Å². The fraction of sp³-hybridized carbons (Fsp3) is 0.882. The number of esters is 1. The van der Waals surface area contributed by atoms with Gasteiger partial charge < -0.3 is 20.1 Å². The summed E-state index contributed by atoms with van der Waals surface area (Å²) in [6.07, 6.45) is 6.37. The van der Waals surface area contributed by atoms with Crippen molar-refractivity contribution in [2.45, 2.75) is 51.5 Å². The van der Waals surface area contributed by atoms with Gasteiger partial charge in [-0.3, -0.25) is 9.79 Å². The van der Waals surface area contributed by atoms with Crippen molar-refractivity contribution in [1.29, 1.82) is 0 Å². The Labute approximate surface area is 139 Å². The van der Waals surface area contributed by atoms with Crippen LogP contribution in [0.25, 0.3) is 0 Å². The molecule has 0 saturated heterocycles. The third kappa shape index (κ3) is 6.77. The molecule has 0 spiro atoms. The van der Waals surface area contributed by atoms with Crippen molar-refractivity contribution in [3.05, 3.63) is 0 Å². The summed E-state index contributed by atoms with van der Waals surface area (Å²) in [7, 11) is 1.78. The van der Waals surface area contributed by atoms with Gasteiger partial charge in [0.1, 0.15) is 0 Å². The van der Waals surface area contributed by atoms with Gasteiger partial charge in [0, 0.05) is 26.2 Å². The van der Waals surface area contributed by atoms with Crippen LogP contribution in [0.2, 0.25) is 0 Å². The van der Waals surface area contributed by atoms with E-state index in [0.717, 1.165) is 50.7 Å². The number of ether oxygens (including phenoxy) is 2. The molecule has 6 heteroatoms. The third-order valence-electron chi connectivity index (χ3n) is 4.50. The lowest BCUT2D eigenvalue weighted by Gasteiger charge is -2.29. The molecule has 0 aromatic rings. The van der Waals surface area contributed by atoms with Gasteiger partial charge in [0.05, 0.1) is 19.1 Å². The van der Waals surface area contributed by atoms with Gasteiger partial charge in [0.2, 0.25) is 0 Å². The second kappa shape index (κ2) is 9.75. The van der Waals surface area contributed by atoms with Gasteiger partial charge in [-0.15, -0.1) is 0 Å². The van der Waals surface area contributed by atoms with E-state index < -0.39 is 0 Å². The van der Waals surface area contributed by atoms with Crippen LogP contribution in [0, 0.1) is 11.8 Å². The number of carbonyl (C=O) groups excluding carboxylic acids is 1. The van der Waals surface area contributed by atoms with Gasteiger partial charge in [0.15, 0.2) is 5.96 Å². The summed E-state index contributed by atoms with van der Waals surface area (Å²) >= 11 is 0. The second-order valence-electron chi connectivity index (χ2n) is 6.46. The van der Waals surface area contributed by atoms with Gasteiger partial charge in [-0.05, 0) is 51.4 Å². The Bertz CT molecular complexity index is 389. The van der Waals surface area contributed by atoms with E-state index in [2.05, 4.69) is 15.6 Å². The average molecular weight is 325 g/mol. The molecule has 0 aromatic carbocycles. The molecule has 2 aliphatic rings. The molecule has 0 heterocycles. The molecule has 6 nitrogen and oxygen atoms in total. The monoisotopic (exact) mass is 325 g/mol. The molecule has 2 N–H and O–H groups in total. The van der Waals surface area contributed by atoms with Crippen LogP contribution in [0.3, 0.4) is 0 Å². The van der Waals surface area contributed by atoms with E-state index in [4.69, 9.17) is 9.47 Å². The smallest absolute Gasteiger partial charge is 0.308 e. The molecule has 2 fully saturated rings. The number of rotatable bonds is 8. The van der Waals surface area contributed by atoms with E-state index in [-0.39, 0.29) is 11.9 Å². The summed E-state index contributed by atoms with van der Waals surface area (Å²) in [6, 6.07) is 0.374. The Hall–Kier alpha value is -1.30. The number of aliphatic imine (C=N–C) groups is 1. The zero-order valence-electron chi connectivity index (χ0n) is 14.5. The number of carbonyl (C=O) groups is 1. The van der Waals surface area contributed by atoms with Gasteiger partial charge in [-0.1, -0.05) is 0 Å². The molecule has 23 heavy (non-hydrogen) atoms. The molecular formula is C17H31N3O3. The van der Waals surface area contributed by atoms with E-state index in [1.54, 1.807) is 7.05 Å². The van der Waals surface area contributed by atoms with Crippen LogP contribution in [0.1, 0.15) is 45.4 Å². The Morgan fingerprint density at radius 1 is 1.17 bits per heavy atom. The first-order valence-corrected chi connectivity index (χ1v) is 8.94. The maximum atomic E-state index is 11.7. The van der Waals surface area contributed by atoms with Crippen molar-refractivity contribution >= 4 is 11.9 Å². The van der Waals surface area contributed by atoms with E-state index in [0.29, 0.717) is 19.3 Å². The summed E-state index contributed by atoms with van der Waals surface area (Å²) in [5, 5.41) is 6.73. The van der Waals surface area contributed by atoms with Crippen LogP contribution in [0.15, 0.2) is 4.99 Å². The Balaban J connectivity index is 1.58. The molecule has 0 atom stereocenters. The first kappa shape index (κ1) is 18.0. The molecule has 0 aliphatic heterocycles. The summed E-state index contributed by atoms with van der Waals surface area (Å²) in [5.41, 5.74) is 0. The SMILES string of the molecule is CCOC(=O)C1CCC(NC(=NC)NCCOCC2CC2)CC1. The number of hydrogen-bond donors (Lipinski definition) is 2. The van der Waals surface area contributed by atoms with E-state index in [1.807, 2.05) is 6.92 Å². The number of hydrogen-bond acceptors (Lipinski definition) is 4. The molecule has 0 amide bonds. The maximum absolute atomic E-state index is 11.7. The molecule has 0 bridgehead atoms. The fourth-order valence-corrected chi connectivity index (χ4v) is 2.90. The van der Waals surface area contributed by atoms with Gasteiger partial charge in [-0.2, -0.15) is 0 Å². The van der Waals surface area contributed by atoms with Crippen LogP contribution < -0.4 is 10.6 Å². The van der Waals surface area contributed by atoms with Crippen molar-refractivity contribution < 1.29 is 14.3 Å². The van der Waals surface area contributed by atoms with Gasteiger partial charge >= 0.3 is 5.97 Å². The molecular weight excluding hydrogens is 294 g/mol. The van der Waals surface area contributed by atoms with Crippen LogP contribution in [-0.2, 0) is 14.3 Å². The standard InChI is InChI=1S/C17H31N3O3/c1-3-23-16(21)14-6-8-15(9-7-14)20-17(18-2)19-10-11-22-12-13-4-5-13/h13-15H,3-12H2,1-2H3,(H2,18,19,20). The average Bonchev–Trinajstić information content (AvgIpc) is 3.38. The minimum absolute atomic E-state index is 0.0405. The molecule has 0 unspecified atom stereocenters. The van der Waals surface area contributed by atoms with E-state index in [1.165, 1.54) is 12.8 Å². The van der Waals surface area contributed by atoms with Gasteiger partial charge in [0.25, 0.3) is 0 Å². The summed E-state index contributed by atoms with van der Waals surface area (Å²) in [4.78, 5) is 16.0. The predicted molar refractivity (Wildman–Crippen MR) is 90.4 cm³/mol. The summed E-state index contributed by atoms with van der Waals surface area (Å²) in [6.45, 7) is 4.70. The third-order valence-corrected chi connectivity index (χ3v) is 4.50. The highest BCUT2D eigenvalue weighted by molar-refractivity contribution is 5.80. The first-order chi connectivity index (χ1) is 11.2. The Morgan fingerprint density at radius 2 is 1.91 bits per heavy atom. The summed E-state index contributed by atoms with van der Waals surface area (Å²) in [5.74, 6) is 1.65. The normalized spacial score (nSPS) is 25.0. The highest BCUT2D eigenvalue weighted by Crippen LogP contribution is 2.28. The van der Waals surface area contributed by atoms with Crippen LogP contribution in [0.5, 0.6) is 0 Å². The fourth-order valence-electron chi connectivity index (χ4n) is 2.90. The lowest BCUT2D eigenvalue weighted by atomic mass is 9.86. The molecule has 132 valence electrons. The Morgan fingerprint density at radius 3 is 2.52 bits per heavy atom. The lowest BCUT2D eigenvalue weighted by Crippen LogP contribution is -2.46. The number of guanidine groups is 1. The zero-order valence-corrected chi connectivity index (χ0v) is 14.5. The van der Waals surface area contributed by atoms with Crippen LogP contribution in [-0.4, -0.2) is 51.4 Å². The topological polar surface area (TPSA) is 72.0 Å². The lowest BCUT2D eigenvalue weighted by molar-refractivity contribution is -0.149. The largest absolute Gasteiger partial charge is 0.466 e. The molecule has 0 aromatic heterocycles. The highest BCUT2D eigenvalue weighted by atomic mass is 16.5. The molecule has 2 saturated carbocycles. The van der Waals surface area contributed by atoms with Crippen molar-refractivity contribution in [2.75, 3.05) is 33.4 Å². The number of nitrogens with one attached hydrogen (secondary N) is 2. The zero-order chi connectivity index (χ0) is 16.5. The molecule has 2 rings (SSSR count). The van der Waals surface area contributed by atoms with Crippen LogP contribution >= 0.6 is 0 Å². The number of nitrogens with zero attached hydrogens (tertiary/aromatic N) is 1. The van der Waals surface area contributed by atoms with Gasteiger partial charge in [-0.25, -0.2) is 0 Å². The maximum Gasteiger partial charge on any atom is 0.308 e. The summed E-state index contributed by atoms with van der Waals surface area (Å²) < 4.78 is 10.7. The van der Waals surface area contributed by atoms with Crippen molar-refractivity contribution in [2.24, 2.45) is 16.8 Å². The van der Waals surface area contributed by atoms with Crippen molar-refractivity contribution in [3.63, 3.8) is 0 Å². The first-order valence-electron chi connectivity index (χ1n) is 8.94. The molecule has 0 radical (unpaired) electrons. The van der Waals surface area contributed by atoms with Crippen molar-refractivity contribution in [1.82, 2.24) is 10.6 Å². The second-order valence-corrected chi connectivity index (χ2v) is 6.46. The predicted octanol–water partition coefficient (Wildman–Crippen LogP) is 1.70. The molecule has 2 aliphatic carbocycles. The minimum atomic E-state index is -0.0405. The van der Waals surface area contributed by atoms with E-state index in [9.17, 15) is 4.79 Å². The quantitative estimate of drug-likeness (QED) is 0.308. The van der Waals surface area contributed by atoms with E-state index >= 15 is 0 Å². The highest BCUT2D eigenvalue weighted by Gasteiger charge is 2.27. The van der Waals surface area contributed by atoms with Crippen LogP contribution in [0.4, 0.5) is 0 Å².